The average molecular weight is 946 g/mol. The van der Waals surface area contributed by atoms with Gasteiger partial charge >= 0.3 is 17.9 Å². The quantitative estimate of drug-likeness (QED) is 0.0262. The van der Waals surface area contributed by atoms with Crippen LogP contribution in [0.4, 0.5) is 0 Å². The molecule has 0 bridgehead atoms. The fourth-order valence-corrected chi connectivity index (χ4v) is 7.60. The van der Waals surface area contributed by atoms with Crippen LogP contribution in [-0.4, -0.2) is 37.2 Å². The number of ether oxygens (including phenoxy) is 3. The molecular formula is C62H104O6. The largest absolute Gasteiger partial charge is 0.462 e. The Morgan fingerprint density at radius 3 is 0.971 bits per heavy atom. The molecule has 0 spiro atoms. The van der Waals surface area contributed by atoms with Gasteiger partial charge in [-0.25, -0.2) is 0 Å². The van der Waals surface area contributed by atoms with Crippen molar-refractivity contribution in [2.75, 3.05) is 13.2 Å². The van der Waals surface area contributed by atoms with Crippen molar-refractivity contribution in [1.29, 1.82) is 0 Å². The predicted octanol–water partition coefficient (Wildman–Crippen LogP) is 18.9. The summed E-state index contributed by atoms with van der Waals surface area (Å²) in [7, 11) is 0. The summed E-state index contributed by atoms with van der Waals surface area (Å²) < 4.78 is 16.8. The van der Waals surface area contributed by atoms with Crippen molar-refractivity contribution in [3.8, 4) is 0 Å². The van der Waals surface area contributed by atoms with Crippen LogP contribution in [0.25, 0.3) is 0 Å². The lowest BCUT2D eigenvalue weighted by molar-refractivity contribution is -0.167. The van der Waals surface area contributed by atoms with Crippen molar-refractivity contribution in [3.05, 3.63) is 97.2 Å². The van der Waals surface area contributed by atoms with Crippen LogP contribution in [0, 0.1) is 0 Å². The number of unbranched alkanes of at least 4 members (excludes halogenated alkanes) is 23. The van der Waals surface area contributed by atoms with Gasteiger partial charge in [-0.15, -0.1) is 0 Å². The lowest BCUT2D eigenvalue weighted by atomic mass is 10.0. The van der Waals surface area contributed by atoms with Gasteiger partial charge in [0.1, 0.15) is 13.2 Å². The molecule has 0 aromatic carbocycles. The van der Waals surface area contributed by atoms with Crippen LogP contribution in [0.15, 0.2) is 97.2 Å². The predicted molar refractivity (Wildman–Crippen MR) is 293 cm³/mol. The molecule has 68 heavy (non-hydrogen) atoms. The van der Waals surface area contributed by atoms with E-state index in [1.165, 1.54) is 109 Å². The first kappa shape index (κ1) is 64.3. The first-order valence-electron chi connectivity index (χ1n) is 28.2. The molecule has 6 nitrogen and oxygen atoms in total. The van der Waals surface area contributed by atoms with E-state index in [1.807, 2.05) is 0 Å². The Morgan fingerprint density at radius 1 is 0.309 bits per heavy atom. The number of hydrogen-bond donors (Lipinski definition) is 0. The fourth-order valence-electron chi connectivity index (χ4n) is 7.60. The summed E-state index contributed by atoms with van der Waals surface area (Å²) in [6.07, 6.45) is 74.0. The third-order valence-electron chi connectivity index (χ3n) is 11.8. The van der Waals surface area contributed by atoms with Crippen LogP contribution in [-0.2, 0) is 28.6 Å². The molecule has 0 aromatic heterocycles. The monoisotopic (exact) mass is 945 g/mol. The third-order valence-corrected chi connectivity index (χ3v) is 11.8. The Kier molecular flexibility index (Phi) is 52.9. The number of carbonyl (C=O) groups is 3. The molecule has 0 aliphatic heterocycles. The minimum Gasteiger partial charge on any atom is -0.462 e. The first-order chi connectivity index (χ1) is 33.5. The smallest absolute Gasteiger partial charge is 0.306 e. The van der Waals surface area contributed by atoms with E-state index in [0.717, 1.165) is 103 Å². The highest BCUT2D eigenvalue weighted by Gasteiger charge is 2.19. The van der Waals surface area contributed by atoms with E-state index in [9.17, 15) is 14.4 Å². The van der Waals surface area contributed by atoms with Crippen molar-refractivity contribution in [1.82, 2.24) is 0 Å². The molecule has 388 valence electrons. The zero-order valence-electron chi connectivity index (χ0n) is 44.3. The summed E-state index contributed by atoms with van der Waals surface area (Å²) >= 11 is 0. The highest BCUT2D eigenvalue weighted by atomic mass is 16.6. The molecule has 0 fully saturated rings. The van der Waals surface area contributed by atoms with Gasteiger partial charge in [0.2, 0.25) is 0 Å². The zero-order chi connectivity index (χ0) is 49.3. The van der Waals surface area contributed by atoms with E-state index in [1.54, 1.807) is 0 Å². The van der Waals surface area contributed by atoms with Crippen molar-refractivity contribution in [2.24, 2.45) is 0 Å². The maximum atomic E-state index is 12.8. The molecular weight excluding hydrogens is 841 g/mol. The van der Waals surface area contributed by atoms with Crippen LogP contribution in [0.3, 0.4) is 0 Å². The summed E-state index contributed by atoms with van der Waals surface area (Å²) in [5, 5.41) is 0. The molecule has 0 heterocycles. The molecule has 1 atom stereocenters. The second kappa shape index (κ2) is 55.9. The highest BCUT2D eigenvalue weighted by molar-refractivity contribution is 5.71. The Morgan fingerprint density at radius 2 is 0.588 bits per heavy atom. The number of hydrogen-bond acceptors (Lipinski definition) is 6. The van der Waals surface area contributed by atoms with E-state index in [4.69, 9.17) is 14.2 Å². The molecule has 0 rings (SSSR count). The van der Waals surface area contributed by atoms with Gasteiger partial charge in [-0.05, 0) is 96.3 Å². The Balaban J connectivity index is 4.46. The van der Waals surface area contributed by atoms with Gasteiger partial charge in [-0.3, -0.25) is 14.4 Å². The maximum absolute atomic E-state index is 12.8. The lowest BCUT2D eigenvalue weighted by Gasteiger charge is -2.18. The summed E-state index contributed by atoms with van der Waals surface area (Å²) in [5.74, 6) is -0.966. The second-order valence-electron chi connectivity index (χ2n) is 18.5. The SMILES string of the molecule is CC/C=C\C/C=C\C/C=C\C/C=C\C/C=C\C/C=C\C/C=C\CCCC(=O)OCC(COC(=O)CCCCCCCCCCCCCC)OC(=O)CCCCCCC/C=C\CCCCCCCC. The number of allylic oxidation sites excluding steroid dienone is 16. The van der Waals surface area contributed by atoms with E-state index in [0.29, 0.717) is 19.3 Å². The standard InChI is InChI=1S/C62H104O6/c1-4-7-10-13-16-19-22-25-27-28-29-30-31-32-33-34-36-37-40-43-46-49-52-55-61(64)67-58-59(57-66-60(63)54-51-48-45-42-39-24-21-18-15-12-9-6-3)68-62(65)56-53-50-47-44-41-38-35-26-23-20-17-14-11-8-5-2/h7,10,16,19,25-27,29-30,32-33,35-37,43,46,59H,4-6,8-9,11-15,17-18,20-24,28,31,34,38-42,44-45,47-58H2,1-3H3/b10-7-,19-16-,27-25-,30-29-,33-32-,35-26-,37-36-,46-43-. The normalized spacial score (nSPS) is 12.8. The van der Waals surface area contributed by atoms with E-state index in [-0.39, 0.29) is 37.5 Å². The summed E-state index contributed by atoms with van der Waals surface area (Å²) in [6.45, 7) is 6.47. The molecule has 0 amide bonds. The van der Waals surface area contributed by atoms with Crippen molar-refractivity contribution in [3.63, 3.8) is 0 Å². The first-order valence-corrected chi connectivity index (χ1v) is 28.2. The molecule has 0 saturated heterocycles. The lowest BCUT2D eigenvalue weighted by Crippen LogP contribution is -2.30. The number of rotatable bonds is 50. The van der Waals surface area contributed by atoms with E-state index >= 15 is 0 Å². The minimum atomic E-state index is -0.804. The number of carbonyl (C=O) groups excluding carboxylic acids is 3. The fraction of sp³-hybridized carbons (Fsp3) is 0.694. The van der Waals surface area contributed by atoms with Crippen molar-refractivity contribution in [2.45, 2.75) is 264 Å². The maximum Gasteiger partial charge on any atom is 0.306 e. The van der Waals surface area contributed by atoms with Gasteiger partial charge in [0.15, 0.2) is 6.10 Å². The van der Waals surface area contributed by atoms with Crippen molar-refractivity contribution < 1.29 is 28.6 Å². The van der Waals surface area contributed by atoms with E-state index in [2.05, 4.69) is 118 Å². The van der Waals surface area contributed by atoms with Crippen LogP contribution in [0.2, 0.25) is 0 Å². The summed E-state index contributed by atoms with van der Waals surface area (Å²) in [4.78, 5) is 38.1. The molecule has 0 radical (unpaired) electrons. The zero-order valence-corrected chi connectivity index (χ0v) is 44.3. The molecule has 0 aromatic rings. The van der Waals surface area contributed by atoms with Gasteiger partial charge in [0.05, 0.1) is 0 Å². The Bertz CT molecular complexity index is 1360. The minimum absolute atomic E-state index is 0.0974. The van der Waals surface area contributed by atoms with Crippen LogP contribution < -0.4 is 0 Å². The van der Waals surface area contributed by atoms with E-state index < -0.39 is 6.10 Å². The van der Waals surface area contributed by atoms with Crippen LogP contribution in [0.1, 0.15) is 258 Å². The topological polar surface area (TPSA) is 78.9 Å². The van der Waals surface area contributed by atoms with Gasteiger partial charge in [0, 0.05) is 19.3 Å². The Hall–Kier alpha value is -3.67. The van der Waals surface area contributed by atoms with Gasteiger partial charge in [-0.1, -0.05) is 240 Å². The van der Waals surface area contributed by atoms with Gasteiger partial charge in [0.25, 0.3) is 0 Å². The van der Waals surface area contributed by atoms with Crippen LogP contribution >= 0.6 is 0 Å². The molecule has 0 aliphatic carbocycles. The van der Waals surface area contributed by atoms with Crippen LogP contribution in [0.5, 0.6) is 0 Å². The summed E-state index contributed by atoms with van der Waals surface area (Å²) in [6, 6.07) is 0. The van der Waals surface area contributed by atoms with Crippen molar-refractivity contribution >= 4 is 17.9 Å². The highest BCUT2D eigenvalue weighted by Crippen LogP contribution is 2.14. The molecule has 0 N–H and O–H groups in total. The molecule has 0 aliphatic rings. The Labute approximate surface area is 419 Å². The third kappa shape index (κ3) is 53.3. The summed E-state index contributed by atoms with van der Waals surface area (Å²) in [5.41, 5.74) is 0. The molecule has 1 unspecified atom stereocenters. The number of esters is 3. The molecule has 6 heteroatoms. The average Bonchev–Trinajstić information content (AvgIpc) is 3.34. The molecule has 0 saturated carbocycles. The second-order valence-corrected chi connectivity index (χ2v) is 18.5. The van der Waals surface area contributed by atoms with Gasteiger partial charge < -0.3 is 14.2 Å². The van der Waals surface area contributed by atoms with Gasteiger partial charge in [-0.2, -0.15) is 0 Å².